The maximum atomic E-state index is 13.4. The number of aliphatic imine (C=N–C) groups is 1. The van der Waals surface area contributed by atoms with Crippen LogP contribution in [0.4, 0.5) is 10.2 Å². The zero-order valence-corrected chi connectivity index (χ0v) is 20.0. The van der Waals surface area contributed by atoms with Crippen LogP contribution in [0.5, 0.6) is 5.75 Å². The van der Waals surface area contributed by atoms with Crippen LogP contribution in [0.1, 0.15) is 33.5 Å². The average Bonchev–Trinajstić information content (AvgIpc) is 3.13. The lowest BCUT2D eigenvalue weighted by Gasteiger charge is -2.24. The molecule has 2 N–H and O–H groups in total. The Morgan fingerprint density at radius 3 is 2.64 bits per heavy atom. The van der Waals surface area contributed by atoms with Gasteiger partial charge in [-0.25, -0.2) is 14.4 Å². The van der Waals surface area contributed by atoms with E-state index in [-0.39, 0.29) is 5.82 Å². The zero-order valence-electron chi connectivity index (χ0n) is 20.0. The molecular formula is C29H26FN5O. The molecule has 0 fully saturated rings. The second-order valence-electron chi connectivity index (χ2n) is 9.23. The summed E-state index contributed by atoms with van der Waals surface area (Å²) in [5, 5.41) is 0. The average molecular weight is 480 g/mol. The van der Waals surface area contributed by atoms with Crippen molar-refractivity contribution in [2.75, 3.05) is 18.1 Å². The van der Waals surface area contributed by atoms with Gasteiger partial charge in [-0.1, -0.05) is 30.3 Å². The summed E-state index contributed by atoms with van der Waals surface area (Å²) in [5.41, 5.74) is 14.5. The molecule has 0 spiro atoms. The molecule has 3 aromatic carbocycles. The maximum absolute atomic E-state index is 13.4. The first-order valence-corrected chi connectivity index (χ1v) is 12.0. The SMILES string of the molecule is Cc1ncnc(N2CCOc3ccc(-c4ccc5c(c4)C(N)=NC5)cc3C2)c1Cc1ccc(F)cc1. The zero-order chi connectivity index (χ0) is 24.6. The number of hydrogen-bond donors (Lipinski definition) is 1. The van der Waals surface area contributed by atoms with Crippen molar-refractivity contribution in [2.24, 2.45) is 10.7 Å². The molecule has 0 unspecified atom stereocenters. The van der Waals surface area contributed by atoms with Gasteiger partial charge in [-0.15, -0.1) is 0 Å². The molecule has 4 aromatic rings. The largest absolute Gasteiger partial charge is 0.491 e. The van der Waals surface area contributed by atoms with E-state index in [1.807, 2.05) is 25.1 Å². The van der Waals surface area contributed by atoms with E-state index in [2.05, 4.69) is 50.2 Å². The van der Waals surface area contributed by atoms with Gasteiger partial charge in [0, 0.05) is 35.3 Å². The Labute approximate surface area is 209 Å². The predicted octanol–water partition coefficient (Wildman–Crippen LogP) is 4.80. The number of aromatic nitrogens is 2. The third-order valence-corrected chi connectivity index (χ3v) is 6.91. The lowest BCUT2D eigenvalue weighted by atomic mass is 9.98. The number of anilines is 1. The molecule has 0 aliphatic carbocycles. The molecule has 180 valence electrons. The van der Waals surface area contributed by atoms with Gasteiger partial charge in [0.15, 0.2) is 0 Å². The summed E-state index contributed by atoms with van der Waals surface area (Å²) in [5.74, 6) is 2.13. The number of fused-ring (bicyclic) bond motifs is 2. The molecule has 6 nitrogen and oxygen atoms in total. The summed E-state index contributed by atoms with van der Waals surface area (Å²) in [6.45, 7) is 4.55. The van der Waals surface area contributed by atoms with E-state index in [9.17, 15) is 4.39 Å². The third-order valence-electron chi connectivity index (χ3n) is 6.91. The number of nitrogens with two attached hydrogens (primary N) is 1. The molecule has 0 saturated carbocycles. The second kappa shape index (κ2) is 9.07. The molecule has 1 aromatic heterocycles. The number of halogens is 1. The van der Waals surface area contributed by atoms with E-state index >= 15 is 0 Å². The van der Waals surface area contributed by atoms with Gasteiger partial charge in [0.05, 0.1) is 13.1 Å². The molecule has 7 heteroatoms. The number of benzene rings is 3. The van der Waals surface area contributed by atoms with Gasteiger partial charge in [0.1, 0.15) is 36.2 Å². The highest BCUT2D eigenvalue weighted by molar-refractivity contribution is 6.01. The smallest absolute Gasteiger partial charge is 0.136 e. The molecule has 2 aliphatic rings. The topological polar surface area (TPSA) is 76.6 Å². The van der Waals surface area contributed by atoms with E-state index in [4.69, 9.17) is 10.5 Å². The number of ether oxygens (including phenoxy) is 1. The van der Waals surface area contributed by atoms with Crippen LogP contribution in [0.25, 0.3) is 11.1 Å². The van der Waals surface area contributed by atoms with Gasteiger partial charge in [0.2, 0.25) is 0 Å². The van der Waals surface area contributed by atoms with Crippen molar-refractivity contribution in [3.8, 4) is 16.9 Å². The van der Waals surface area contributed by atoms with E-state index in [0.717, 1.165) is 56.2 Å². The molecular weight excluding hydrogens is 453 g/mol. The quantitative estimate of drug-likeness (QED) is 0.455. The van der Waals surface area contributed by atoms with Crippen molar-refractivity contribution in [2.45, 2.75) is 26.4 Å². The highest BCUT2D eigenvalue weighted by Gasteiger charge is 2.22. The first-order valence-electron chi connectivity index (χ1n) is 12.0. The fourth-order valence-electron chi connectivity index (χ4n) is 4.92. The summed E-state index contributed by atoms with van der Waals surface area (Å²) in [4.78, 5) is 15.7. The monoisotopic (exact) mass is 479 g/mol. The Hall–Kier alpha value is -4.26. The summed E-state index contributed by atoms with van der Waals surface area (Å²) in [6, 6.07) is 19.3. The van der Waals surface area contributed by atoms with E-state index < -0.39 is 0 Å². The number of nitrogens with zero attached hydrogens (tertiary/aromatic N) is 4. The van der Waals surface area contributed by atoms with Crippen molar-refractivity contribution in [3.05, 3.63) is 106 Å². The van der Waals surface area contributed by atoms with Gasteiger partial charge in [0.25, 0.3) is 0 Å². The first-order chi connectivity index (χ1) is 17.5. The molecule has 0 amide bonds. The van der Waals surface area contributed by atoms with Crippen molar-refractivity contribution < 1.29 is 9.13 Å². The van der Waals surface area contributed by atoms with Crippen LogP contribution in [0.3, 0.4) is 0 Å². The maximum Gasteiger partial charge on any atom is 0.136 e. The number of hydrogen-bond acceptors (Lipinski definition) is 6. The molecule has 0 bridgehead atoms. The molecule has 2 aliphatic heterocycles. The summed E-state index contributed by atoms with van der Waals surface area (Å²) < 4.78 is 19.6. The Morgan fingerprint density at radius 1 is 0.972 bits per heavy atom. The molecule has 0 radical (unpaired) electrons. The van der Waals surface area contributed by atoms with Crippen molar-refractivity contribution in [1.82, 2.24) is 9.97 Å². The fraction of sp³-hybridized carbons (Fsp3) is 0.207. The van der Waals surface area contributed by atoms with Crippen LogP contribution < -0.4 is 15.4 Å². The highest BCUT2D eigenvalue weighted by Crippen LogP contribution is 2.33. The molecule has 6 rings (SSSR count). The molecule has 36 heavy (non-hydrogen) atoms. The van der Waals surface area contributed by atoms with Gasteiger partial charge in [-0.3, -0.25) is 4.99 Å². The molecule has 3 heterocycles. The minimum atomic E-state index is -0.240. The van der Waals surface area contributed by atoms with Crippen LogP contribution in [0.2, 0.25) is 0 Å². The van der Waals surface area contributed by atoms with E-state index in [1.165, 1.54) is 12.1 Å². The normalized spacial score (nSPS) is 14.5. The molecule has 0 atom stereocenters. The third kappa shape index (κ3) is 4.17. The van der Waals surface area contributed by atoms with Crippen molar-refractivity contribution in [3.63, 3.8) is 0 Å². The first kappa shape index (κ1) is 22.2. The summed E-state index contributed by atoms with van der Waals surface area (Å²) in [7, 11) is 0. The van der Waals surface area contributed by atoms with E-state index in [0.29, 0.717) is 38.5 Å². The Kier molecular flexibility index (Phi) is 5.60. The van der Waals surface area contributed by atoms with E-state index in [1.54, 1.807) is 6.33 Å². The lowest BCUT2D eigenvalue weighted by Crippen LogP contribution is -2.28. The van der Waals surface area contributed by atoms with Gasteiger partial charge in [-0.2, -0.15) is 0 Å². The van der Waals surface area contributed by atoms with Crippen molar-refractivity contribution in [1.29, 1.82) is 0 Å². The van der Waals surface area contributed by atoms with Crippen LogP contribution >= 0.6 is 0 Å². The Morgan fingerprint density at radius 2 is 1.78 bits per heavy atom. The number of rotatable bonds is 4. The number of amidine groups is 1. The van der Waals surface area contributed by atoms with Crippen LogP contribution in [-0.2, 0) is 19.5 Å². The minimum Gasteiger partial charge on any atom is -0.491 e. The van der Waals surface area contributed by atoms with Crippen LogP contribution in [0.15, 0.2) is 72.0 Å². The van der Waals surface area contributed by atoms with Gasteiger partial charge in [-0.05, 0) is 59.5 Å². The lowest BCUT2D eigenvalue weighted by molar-refractivity contribution is 0.331. The predicted molar refractivity (Wildman–Crippen MR) is 139 cm³/mol. The van der Waals surface area contributed by atoms with Crippen LogP contribution in [0, 0.1) is 12.7 Å². The van der Waals surface area contributed by atoms with Crippen LogP contribution in [-0.4, -0.2) is 29.0 Å². The van der Waals surface area contributed by atoms with Gasteiger partial charge < -0.3 is 15.4 Å². The van der Waals surface area contributed by atoms with Gasteiger partial charge >= 0.3 is 0 Å². The van der Waals surface area contributed by atoms with Crippen molar-refractivity contribution >= 4 is 11.7 Å². The highest BCUT2D eigenvalue weighted by atomic mass is 19.1. The second-order valence-corrected chi connectivity index (χ2v) is 9.23. The standard InChI is InChI=1S/C29H26FN5O/c1-18-25(12-19-2-7-24(30)8-3-19)29(34-17-33-18)35-10-11-36-27-9-6-20(13-23(27)16-35)21-4-5-22-15-32-28(31)26(22)14-21/h2-9,13-14,17H,10-12,15-16H2,1H3,(H2,31,32). The minimum absolute atomic E-state index is 0.240. The Balaban J connectivity index is 1.33. The summed E-state index contributed by atoms with van der Waals surface area (Å²) >= 11 is 0. The number of aryl methyl sites for hydroxylation is 1. The summed E-state index contributed by atoms with van der Waals surface area (Å²) in [6.07, 6.45) is 2.24. The fourth-order valence-corrected chi connectivity index (χ4v) is 4.92. The Bertz CT molecular complexity index is 1480. The molecule has 0 saturated heterocycles.